The summed E-state index contributed by atoms with van der Waals surface area (Å²) in [6, 6.07) is 1.61. The van der Waals surface area contributed by atoms with E-state index < -0.39 is 34.4 Å². The Morgan fingerprint density at radius 3 is 2.39 bits per heavy atom. The van der Waals surface area contributed by atoms with E-state index in [0.29, 0.717) is 6.07 Å². The second-order valence-electron chi connectivity index (χ2n) is 3.55. The first kappa shape index (κ1) is 14.8. The summed E-state index contributed by atoms with van der Waals surface area (Å²) in [5.41, 5.74) is -1.83. The van der Waals surface area contributed by atoms with E-state index in [1.165, 1.54) is 0 Å². The van der Waals surface area contributed by atoms with Crippen molar-refractivity contribution in [3.63, 3.8) is 0 Å². The van der Waals surface area contributed by atoms with Crippen molar-refractivity contribution in [2.24, 2.45) is 0 Å². The highest BCUT2D eigenvalue weighted by molar-refractivity contribution is 6.34. The van der Waals surface area contributed by atoms with Gasteiger partial charge in [0.05, 0.1) is 29.4 Å². The predicted octanol–water partition coefficient (Wildman–Crippen LogP) is 3.20. The van der Waals surface area contributed by atoms with Gasteiger partial charge in [0, 0.05) is 5.56 Å². The van der Waals surface area contributed by atoms with E-state index >= 15 is 0 Å². The number of esters is 1. The van der Waals surface area contributed by atoms with Crippen LogP contribution in [0.1, 0.15) is 34.5 Å². The van der Waals surface area contributed by atoms with Gasteiger partial charge in [0.25, 0.3) is 0 Å². The zero-order valence-electron chi connectivity index (χ0n) is 9.51. The second kappa shape index (κ2) is 5.16. The average Bonchev–Trinajstić information content (AvgIpc) is 2.25. The Kier molecular flexibility index (Phi) is 4.24. The van der Waals surface area contributed by atoms with Crippen LogP contribution in [0, 0.1) is 0 Å². The zero-order valence-corrected chi connectivity index (χ0v) is 10.3. The first-order chi connectivity index (χ1) is 8.20. The van der Waals surface area contributed by atoms with Crippen LogP contribution in [0.4, 0.5) is 13.2 Å². The molecule has 0 aliphatic rings. The number of aliphatic hydroxyl groups is 1. The third-order valence-electron chi connectivity index (χ3n) is 2.31. The van der Waals surface area contributed by atoms with Gasteiger partial charge in [-0.2, -0.15) is 13.2 Å². The molecule has 0 fully saturated rings. The summed E-state index contributed by atoms with van der Waals surface area (Å²) in [5.74, 6) is -0.865. The lowest BCUT2D eigenvalue weighted by atomic mass is 9.99. The van der Waals surface area contributed by atoms with Gasteiger partial charge in [0.15, 0.2) is 0 Å². The molecule has 1 rings (SSSR count). The molecule has 1 unspecified atom stereocenters. The standard InChI is InChI=1S/C11H10ClF3O3/c1-5(16)8-7(11(13,14)15)4-3-6(9(8)12)10(17)18-2/h3-5,16H,1-2H3. The Bertz CT molecular complexity index is 469. The molecule has 0 saturated carbocycles. The van der Waals surface area contributed by atoms with Crippen LogP contribution in [-0.2, 0) is 10.9 Å². The minimum absolute atomic E-state index is 0.219. The van der Waals surface area contributed by atoms with Crippen LogP contribution in [-0.4, -0.2) is 18.2 Å². The number of hydrogen-bond donors (Lipinski definition) is 1. The van der Waals surface area contributed by atoms with Gasteiger partial charge in [-0.25, -0.2) is 4.79 Å². The minimum Gasteiger partial charge on any atom is -0.465 e. The van der Waals surface area contributed by atoms with Crippen LogP contribution in [0.25, 0.3) is 0 Å². The Hall–Kier alpha value is -1.27. The van der Waals surface area contributed by atoms with Gasteiger partial charge < -0.3 is 9.84 Å². The Balaban J connectivity index is 3.53. The van der Waals surface area contributed by atoms with Crippen LogP contribution in [0.2, 0.25) is 5.02 Å². The van der Waals surface area contributed by atoms with Crippen molar-refractivity contribution in [3.05, 3.63) is 33.8 Å². The third-order valence-corrected chi connectivity index (χ3v) is 2.72. The zero-order chi connectivity index (χ0) is 14.1. The molecule has 0 amide bonds. The van der Waals surface area contributed by atoms with Crippen LogP contribution >= 0.6 is 11.6 Å². The van der Waals surface area contributed by atoms with Crippen LogP contribution in [0.15, 0.2) is 12.1 Å². The number of halogens is 4. The highest BCUT2D eigenvalue weighted by Crippen LogP contribution is 2.39. The Morgan fingerprint density at radius 1 is 1.44 bits per heavy atom. The fourth-order valence-corrected chi connectivity index (χ4v) is 1.92. The third kappa shape index (κ3) is 2.76. The number of carbonyl (C=O) groups is 1. The normalized spacial score (nSPS) is 13.3. The fraction of sp³-hybridized carbons (Fsp3) is 0.364. The topological polar surface area (TPSA) is 46.5 Å². The predicted molar refractivity (Wildman–Crippen MR) is 58.4 cm³/mol. The quantitative estimate of drug-likeness (QED) is 0.847. The molecule has 0 aromatic heterocycles. The fourth-order valence-electron chi connectivity index (χ4n) is 1.52. The molecule has 1 atom stereocenters. The molecule has 3 nitrogen and oxygen atoms in total. The van der Waals surface area contributed by atoms with E-state index in [1.54, 1.807) is 0 Å². The molecule has 0 aliphatic carbocycles. The second-order valence-corrected chi connectivity index (χ2v) is 3.93. The number of hydrogen-bond acceptors (Lipinski definition) is 3. The molecule has 0 saturated heterocycles. The largest absolute Gasteiger partial charge is 0.465 e. The number of ether oxygens (including phenoxy) is 1. The Morgan fingerprint density at radius 2 is 2.00 bits per heavy atom. The van der Waals surface area contributed by atoms with Gasteiger partial charge >= 0.3 is 12.1 Å². The van der Waals surface area contributed by atoms with Crippen molar-refractivity contribution in [1.82, 2.24) is 0 Å². The van der Waals surface area contributed by atoms with Gasteiger partial charge in [0.1, 0.15) is 0 Å². The average molecular weight is 283 g/mol. The maximum Gasteiger partial charge on any atom is 0.416 e. The van der Waals surface area contributed by atoms with Crippen LogP contribution in [0.3, 0.4) is 0 Å². The maximum atomic E-state index is 12.7. The molecule has 100 valence electrons. The number of rotatable bonds is 2. The SMILES string of the molecule is COC(=O)c1ccc(C(F)(F)F)c(C(C)O)c1Cl. The maximum absolute atomic E-state index is 12.7. The first-order valence-electron chi connectivity index (χ1n) is 4.86. The summed E-state index contributed by atoms with van der Waals surface area (Å²) >= 11 is 5.73. The van der Waals surface area contributed by atoms with Gasteiger partial charge in [-0.05, 0) is 19.1 Å². The van der Waals surface area contributed by atoms with Gasteiger partial charge in [0.2, 0.25) is 0 Å². The van der Waals surface area contributed by atoms with Crippen molar-refractivity contribution in [2.45, 2.75) is 19.2 Å². The molecule has 18 heavy (non-hydrogen) atoms. The molecule has 0 aliphatic heterocycles. The molecule has 7 heteroatoms. The monoisotopic (exact) mass is 282 g/mol. The summed E-state index contributed by atoms with van der Waals surface area (Å²) in [4.78, 5) is 11.3. The smallest absolute Gasteiger partial charge is 0.416 e. The van der Waals surface area contributed by atoms with Crippen molar-refractivity contribution in [2.75, 3.05) is 7.11 Å². The van der Waals surface area contributed by atoms with Crippen LogP contribution in [0.5, 0.6) is 0 Å². The molecule has 0 bridgehead atoms. The summed E-state index contributed by atoms with van der Waals surface area (Å²) in [6.45, 7) is 1.14. The molecular weight excluding hydrogens is 273 g/mol. The number of benzene rings is 1. The van der Waals surface area contributed by atoms with E-state index in [9.17, 15) is 23.1 Å². The number of aliphatic hydroxyl groups excluding tert-OH is 1. The molecule has 1 aromatic carbocycles. The number of methoxy groups -OCH3 is 1. The molecule has 1 N–H and O–H groups in total. The Labute approximate surface area is 106 Å². The number of alkyl halides is 3. The summed E-state index contributed by atoms with van der Waals surface area (Å²) in [5, 5.41) is 8.94. The van der Waals surface area contributed by atoms with Gasteiger partial charge in [-0.15, -0.1) is 0 Å². The lowest BCUT2D eigenvalue weighted by molar-refractivity contribution is -0.139. The van der Waals surface area contributed by atoms with Crippen LogP contribution < -0.4 is 0 Å². The molecule has 0 spiro atoms. The van der Waals surface area contributed by atoms with Crippen molar-refractivity contribution < 1.29 is 27.8 Å². The molecule has 0 radical (unpaired) electrons. The van der Waals surface area contributed by atoms with Gasteiger partial charge in [-0.1, -0.05) is 11.6 Å². The van der Waals surface area contributed by atoms with E-state index in [4.69, 9.17) is 11.6 Å². The summed E-state index contributed by atoms with van der Waals surface area (Å²) < 4.78 is 42.5. The van der Waals surface area contributed by atoms with E-state index in [1.807, 2.05) is 0 Å². The number of carbonyl (C=O) groups excluding carboxylic acids is 1. The lowest BCUT2D eigenvalue weighted by Gasteiger charge is -2.18. The van der Waals surface area contributed by atoms with Crippen molar-refractivity contribution in [3.8, 4) is 0 Å². The first-order valence-corrected chi connectivity index (χ1v) is 5.24. The highest BCUT2D eigenvalue weighted by atomic mass is 35.5. The lowest BCUT2D eigenvalue weighted by Crippen LogP contribution is -2.14. The highest BCUT2D eigenvalue weighted by Gasteiger charge is 2.36. The molecule has 0 heterocycles. The minimum atomic E-state index is -4.66. The molecule has 1 aromatic rings. The van der Waals surface area contributed by atoms with E-state index in [0.717, 1.165) is 20.1 Å². The van der Waals surface area contributed by atoms with Crippen molar-refractivity contribution in [1.29, 1.82) is 0 Å². The molecular formula is C11H10ClF3O3. The summed E-state index contributed by atoms with van der Waals surface area (Å²) in [6.07, 6.45) is -6.12. The van der Waals surface area contributed by atoms with E-state index in [-0.39, 0.29) is 5.56 Å². The summed E-state index contributed by atoms with van der Waals surface area (Å²) in [7, 11) is 1.08. The van der Waals surface area contributed by atoms with E-state index in [2.05, 4.69) is 4.74 Å². The van der Waals surface area contributed by atoms with Gasteiger partial charge in [-0.3, -0.25) is 0 Å². The van der Waals surface area contributed by atoms with Crippen molar-refractivity contribution >= 4 is 17.6 Å².